The van der Waals surface area contributed by atoms with Gasteiger partial charge in [-0.3, -0.25) is 0 Å². The van der Waals surface area contributed by atoms with Gasteiger partial charge in [0, 0.05) is 0 Å². The summed E-state index contributed by atoms with van der Waals surface area (Å²) in [5, 5.41) is 0. The van der Waals surface area contributed by atoms with E-state index in [2.05, 4.69) is 6.42 Å². The first-order valence-corrected chi connectivity index (χ1v) is 3.63. The van der Waals surface area contributed by atoms with Crippen molar-refractivity contribution in [1.29, 1.82) is 0 Å². The largest absolute Gasteiger partial charge is 0.424 e. The number of allylic oxidation sites excluding steroid dienone is 3. The molecule has 0 aromatic heterocycles. The van der Waals surface area contributed by atoms with E-state index in [9.17, 15) is 13.2 Å². The molecule has 0 spiro atoms. The predicted octanol–water partition coefficient (Wildman–Crippen LogP) is 2.01. The minimum Gasteiger partial charge on any atom is -0.330 e. The van der Waals surface area contributed by atoms with E-state index >= 15 is 0 Å². The van der Waals surface area contributed by atoms with Crippen LogP contribution in [0.25, 0.3) is 0 Å². The lowest BCUT2D eigenvalue weighted by molar-refractivity contribution is -0.0871. The zero-order valence-electron chi connectivity index (χ0n) is 6.93. The Morgan fingerprint density at radius 2 is 2.08 bits per heavy atom. The molecule has 0 amide bonds. The van der Waals surface area contributed by atoms with E-state index in [0.29, 0.717) is 13.0 Å². The van der Waals surface area contributed by atoms with Gasteiger partial charge in [0.1, 0.15) is 5.57 Å². The summed E-state index contributed by atoms with van der Waals surface area (Å²) in [6.45, 7) is 0.405. The SMILES string of the molecule is C#C/C(=C\C=C/CCN)C(F)(F)F. The van der Waals surface area contributed by atoms with Crippen LogP contribution in [-0.4, -0.2) is 12.7 Å². The molecule has 0 radical (unpaired) electrons. The van der Waals surface area contributed by atoms with Gasteiger partial charge in [-0.2, -0.15) is 13.2 Å². The Morgan fingerprint density at radius 1 is 1.46 bits per heavy atom. The normalized spacial score (nSPS) is 13.3. The first-order valence-electron chi connectivity index (χ1n) is 3.63. The Balaban J connectivity index is 4.35. The van der Waals surface area contributed by atoms with Crippen molar-refractivity contribution in [3.05, 3.63) is 23.8 Å². The van der Waals surface area contributed by atoms with E-state index in [1.807, 2.05) is 0 Å². The molecule has 0 rings (SSSR count). The molecule has 4 heteroatoms. The summed E-state index contributed by atoms with van der Waals surface area (Å²) in [5.41, 5.74) is 4.14. The Hall–Kier alpha value is -1.21. The van der Waals surface area contributed by atoms with Crippen molar-refractivity contribution in [2.45, 2.75) is 12.6 Å². The quantitative estimate of drug-likeness (QED) is 0.533. The van der Waals surface area contributed by atoms with Gasteiger partial charge in [0.15, 0.2) is 0 Å². The number of nitrogens with two attached hydrogens (primary N) is 1. The van der Waals surface area contributed by atoms with Crippen molar-refractivity contribution in [2.75, 3.05) is 6.54 Å². The van der Waals surface area contributed by atoms with E-state index in [1.165, 1.54) is 12.2 Å². The second kappa shape index (κ2) is 5.44. The molecule has 0 aromatic carbocycles. The highest BCUT2D eigenvalue weighted by molar-refractivity contribution is 5.33. The van der Waals surface area contributed by atoms with E-state index in [-0.39, 0.29) is 0 Å². The summed E-state index contributed by atoms with van der Waals surface area (Å²) in [5.74, 6) is 1.57. The molecule has 0 aliphatic carbocycles. The van der Waals surface area contributed by atoms with Gasteiger partial charge in [0.05, 0.1) is 0 Å². The van der Waals surface area contributed by atoms with Crippen molar-refractivity contribution in [2.24, 2.45) is 5.73 Å². The molecule has 2 N–H and O–H groups in total. The van der Waals surface area contributed by atoms with Crippen LogP contribution in [0.3, 0.4) is 0 Å². The second-order valence-electron chi connectivity index (χ2n) is 2.23. The van der Waals surface area contributed by atoms with Gasteiger partial charge in [-0.15, -0.1) is 6.42 Å². The maximum atomic E-state index is 12.0. The molecule has 0 saturated heterocycles. The molecule has 0 fully saturated rings. The number of halogens is 3. The Bertz CT molecular complexity index is 243. The minimum atomic E-state index is -4.44. The maximum Gasteiger partial charge on any atom is 0.424 e. The van der Waals surface area contributed by atoms with Gasteiger partial charge in [-0.05, 0) is 19.0 Å². The Labute approximate surface area is 75.1 Å². The van der Waals surface area contributed by atoms with Crippen LogP contribution in [0.4, 0.5) is 13.2 Å². The fourth-order valence-electron chi connectivity index (χ4n) is 0.581. The lowest BCUT2D eigenvalue weighted by Crippen LogP contribution is -2.09. The first kappa shape index (κ1) is 11.8. The third-order valence-corrected chi connectivity index (χ3v) is 1.19. The minimum absolute atomic E-state index is 0.405. The average Bonchev–Trinajstić information content (AvgIpc) is 2.02. The molecule has 0 bridgehead atoms. The van der Waals surface area contributed by atoms with Crippen LogP contribution in [0.2, 0.25) is 0 Å². The molecule has 0 aromatic rings. The lowest BCUT2D eigenvalue weighted by atomic mass is 10.2. The summed E-state index contributed by atoms with van der Waals surface area (Å²) in [4.78, 5) is 0. The smallest absolute Gasteiger partial charge is 0.330 e. The Morgan fingerprint density at radius 3 is 2.46 bits per heavy atom. The average molecular weight is 189 g/mol. The van der Waals surface area contributed by atoms with Crippen LogP contribution < -0.4 is 5.73 Å². The van der Waals surface area contributed by atoms with Gasteiger partial charge >= 0.3 is 6.18 Å². The molecule has 72 valence electrons. The maximum absolute atomic E-state index is 12.0. The van der Waals surface area contributed by atoms with Crippen LogP contribution in [0.5, 0.6) is 0 Å². The Kier molecular flexibility index (Phi) is 4.93. The monoisotopic (exact) mass is 189 g/mol. The zero-order valence-corrected chi connectivity index (χ0v) is 6.93. The number of terminal acetylenes is 1. The van der Waals surface area contributed by atoms with E-state index < -0.39 is 11.7 Å². The van der Waals surface area contributed by atoms with E-state index in [4.69, 9.17) is 5.73 Å². The highest BCUT2D eigenvalue weighted by Crippen LogP contribution is 2.24. The molecule has 1 nitrogen and oxygen atoms in total. The molecule has 0 saturated carbocycles. The number of rotatable bonds is 3. The van der Waals surface area contributed by atoms with Crippen molar-refractivity contribution in [1.82, 2.24) is 0 Å². The fraction of sp³-hybridized carbons (Fsp3) is 0.333. The molecule has 0 heterocycles. The van der Waals surface area contributed by atoms with E-state index in [0.717, 1.165) is 6.08 Å². The molecule has 0 unspecified atom stereocenters. The molecule has 0 aliphatic rings. The molecular formula is C9H10F3N. The predicted molar refractivity (Wildman–Crippen MR) is 45.8 cm³/mol. The summed E-state index contributed by atoms with van der Waals surface area (Å²) in [6, 6.07) is 0. The van der Waals surface area contributed by atoms with Crippen molar-refractivity contribution in [3.63, 3.8) is 0 Å². The summed E-state index contributed by atoms with van der Waals surface area (Å²) < 4.78 is 35.9. The summed E-state index contributed by atoms with van der Waals surface area (Å²) >= 11 is 0. The van der Waals surface area contributed by atoms with Crippen LogP contribution >= 0.6 is 0 Å². The molecular weight excluding hydrogens is 179 g/mol. The van der Waals surface area contributed by atoms with Gasteiger partial charge in [0.2, 0.25) is 0 Å². The van der Waals surface area contributed by atoms with Gasteiger partial charge in [-0.25, -0.2) is 0 Å². The van der Waals surface area contributed by atoms with Crippen LogP contribution in [0.15, 0.2) is 23.8 Å². The van der Waals surface area contributed by atoms with Crippen LogP contribution in [-0.2, 0) is 0 Å². The lowest BCUT2D eigenvalue weighted by Gasteiger charge is -2.02. The second-order valence-corrected chi connectivity index (χ2v) is 2.23. The summed E-state index contributed by atoms with van der Waals surface area (Å²) in [6.07, 6.45) is 4.42. The number of alkyl halides is 3. The molecule has 13 heavy (non-hydrogen) atoms. The van der Waals surface area contributed by atoms with Crippen molar-refractivity contribution in [3.8, 4) is 12.3 Å². The van der Waals surface area contributed by atoms with E-state index in [1.54, 1.807) is 5.92 Å². The molecule has 0 aliphatic heterocycles. The summed E-state index contributed by atoms with van der Waals surface area (Å²) in [7, 11) is 0. The van der Waals surface area contributed by atoms with Crippen LogP contribution in [0, 0.1) is 12.3 Å². The zero-order chi connectivity index (χ0) is 10.3. The topological polar surface area (TPSA) is 26.0 Å². The third kappa shape index (κ3) is 5.10. The van der Waals surface area contributed by atoms with Gasteiger partial charge < -0.3 is 5.73 Å². The number of hydrogen-bond acceptors (Lipinski definition) is 1. The van der Waals surface area contributed by atoms with Crippen molar-refractivity contribution >= 4 is 0 Å². The van der Waals surface area contributed by atoms with Crippen LogP contribution in [0.1, 0.15) is 6.42 Å². The highest BCUT2D eigenvalue weighted by atomic mass is 19.4. The van der Waals surface area contributed by atoms with Gasteiger partial charge in [0.25, 0.3) is 0 Å². The fourth-order valence-corrected chi connectivity index (χ4v) is 0.581. The highest BCUT2D eigenvalue weighted by Gasteiger charge is 2.31. The first-order chi connectivity index (χ1) is 6.02. The van der Waals surface area contributed by atoms with Gasteiger partial charge in [-0.1, -0.05) is 18.1 Å². The number of hydrogen-bond donors (Lipinski definition) is 1. The standard InChI is InChI=1S/C9H10F3N/c1-2-8(9(10,11)12)6-4-3-5-7-13/h1,3-4,6H,5,7,13H2/b4-3-,8-6+. The molecule has 0 atom stereocenters. The van der Waals surface area contributed by atoms with Crippen molar-refractivity contribution < 1.29 is 13.2 Å². The third-order valence-electron chi connectivity index (χ3n) is 1.19.